The van der Waals surface area contributed by atoms with Gasteiger partial charge < -0.3 is 5.32 Å². The van der Waals surface area contributed by atoms with Crippen LogP contribution in [0.1, 0.15) is 29.3 Å². The third-order valence-corrected chi connectivity index (χ3v) is 4.44. The van der Waals surface area contributed by atoms with Crippen LogP contribution in [0.5, 0.6) is 0 Å². The lowest BCUT2D eigenvalue weighted by molar-refractivity contribution is 0.102. The number of carbonyl (C=O) groups is 1. The maximum atomic E-state index is 12.3. The zero-order chi connectivity index (χ0) is 16.2. The SMILES string of the molecule is CCCc1ccc(NC(=O)c2ccccc2S(C)(=O)=O)cc1. The lowest BCUT2D eigenvalue weighted by Gasteiger charge is -2.09. The van der Waals surface area contributed by atoms with Crippen molar-refractivity contribution in [2.24, 2.45) is 0 Å². The fourth-order valence-electron chi connectivity index (χ4n) is 2.22. The average Bonchev–Trinajstić information content (AvgIpc) is 2.48. The highest BCUT2D eigenvalue weighted by atomic mass is 32.2. The lowest BCUT2D eigenvalue weighted by Crippen LogP contribution is -2.16. The molecule has 0 saturated heterocycles. The number of hydrogen-bond acceptors (Lipinski definition) is 3. The molecule has 0 heterocycles. The largest absolute Gasteiger partial charge is 0.322 e. The molecule has 0 saturated carbocycles. The van der Waals surface area contributed by atoms with Crippen molar-refractivity contribution in [1.82, 2.24) is 0 Å². The quantitative estimate of drug-likeness (QED) is 0.920. The molecule has 0 aliphatic carbocycles. The van der Waals surface area contributed by atoms with Gasteiger partial charge >= 0.3 is 0 Å². The maximum absolute atomic E-state index is 12.3. The molecule has 116 valence electrons. The van der Waals surface area contributed by atoms with Gasteiger partial charge in [0.1, 0.15) is 0 Å². The Morgan fingerprint density at radius 3 is 2.27 bits per heavy atom. The number of aryl methyl sites for hydroxylation is 1. The molecule has 2 aromatic rings. The molecule has 5 heteroatoms. The van der Waals surface area contributed by atoms with Crippen LogP contribution in [0.25, 0.3) is 0 Å². The third kappa shape index (κ3) is 3.95. The molecule has 2 rings (SSSR count). The molecule has 0 fully saturated rings. The van der Waals surface area contributed by atoms with Crippen molar-refractivity contribution in [1.29, 1.82) is 0 Å². The fourth-order valence-corrected chi connectivity index (χ4v) is 3.11. The van der Waals surface area contributed by atoms with Gasteiger partial charge in [0.05, 0.1) is 10.5 Å². The van der Waals surface area contributed by atoms with Crippen LogP contribution in [0, 0.1) is 0 Å². The molecular weight excluding hydrogens is 298 g/mol. The summed E-state index contributed by atoms with van der Waals surface area (Å²) in [5.41, 5.74) is 2.01. The number of hydrogen-bond donors (Lipinski definition) is 1. The van der Waals surface area contributed by atoms with Gasteiger partial charge in [-0.3, -0.25) is 4.79 Å². The molecule has 2 aromatic carbocycles. The van der Waals surface area contributed by atoms with E-state index in [1.807, 2.05) is 24.3 Å². The zero-order valence-electron chi connectivity index (χ0n) is 12.7. The fraction of sp³-hybridized carbons (Fsp3) is 0.235. The minimum absolute atomic E-state index is 0.0371. The van der Waals surface area contributed by atoms with Gasteiger partial charge in [0.2, 0.25) is 0 Å². The van der Waals surface area contributed by atoms with Crippen molar-refractivity contribution in [3.63, 3.8) is 0 Å². The minimum atomic E-state index is -3.45. The first-order valence-electron chi connectivity index (χ1n) is 7.11. The Hall–Kier alpha value is -2.14. The molecular formula is C17H19NO3S. The Morgan fingerprint density at radius 1 is 1.05 bits per heavy atom. The smallest absolute Gasteiger partial charge is 0.256 e. The molecule has 0 aromatic heterocycles. The topological polar surface area (TPSA) is 63.2 Å². The number of sulfone groups is 1. The van der Waals surface area contributed by atoms with Crippen molar-refractivity contribution >= 4 is 21.4 Å². The van der Waals surface area contributed by atoms with Crippen LogP contribution in [-0.2, 0) is 16.3 Å². The van der Waals surface area contributed by atoms with Crippen LogP contribution in [0.3, 0.4) is 0 Å². The molecule has 0 aliphatic rings. The van der Waals surface area contributed by atoms with Crippen LogP contribution in [0.15, 0.2) is 53.4 Å². The van der Waals surface area contributed by atoms with Gasteiger partial charge in [0, 0.05) is 11.9 Å². The van der Waals surface area contributed by atoms with Gasteiger partial charge in [-0.1, -0.05) is 37.6 Å². The standard InChI is InChI=1S/C17H19NO3S/c1-3-6-13-9-11-14(12-10-13)18-17(19)15-7-4-5-8-16(15)22(2,20)21/h4-5,7-12H,3,6H2,1-2H3,(H,18,19). The summed E-state index contributed by atoms with van der Waals surface area (Å²) in [6.45, 7) is 2.11. The van der Waals surface area contributed by atoms with Crippen molar-refractivity contribution in [2.75, 3.05) is 11.6 Å². The van der Waals surface area contributed by atoms with E-state index >= 15 is 0 Å². The second-order valence-corrected chi connectivity index (χ2v) is 7.15. The predicted octanol–water partition coefficient (Wildman–Crippen LogP) is 3.29. The van der Waals surface area contributed by atoms with Crippen LogP contribution >= 0.6 is 0 Å². The second-order valence-electron chi connectivity index (χ2n) is 5.17. The molecule has 0 aliphatic heterocycles. The summed E-state index contributed by atoms with van der Waals surface area (Å²) in [5, 5.41) is 2.74. The summed E-state index contributed by atoms with van der Waals surface area (Å²) in [5.74, 6) is -0.427. The number of rotatable bonds is 5. The lowest BCUT2D eigenvalue weighted by atomic mass is 10.1. The van der Waals surface area contributed by atoms with Gasteiger partial charge in [-0.25, -0.2) is 8.42 Å². The highest BCUT2D eigenvalue weighted by Gasteiger charge is 2.18. The summed E-state index contributed by atoms with van der Waals surface area (Å²) in [6.07, 6.45) is 3.15. The van der Waals surface area contributed by atoms with Crippen molar-refractivity contribution in [2.45, 2.75) is 24.7 Å². The van der Waals surface area contributed by atoms with Crippen LogP contribution < -0.4 is 5.32 Å². The van der Waals surface area contributed by atoms with E-state index in [-0.39, 0.29) is 10.5 Å². The number of amides is 1. The molecule has 0 unspecified atom stereocenters. The molecule has 0 radical (unpaired) electrons. The van der Waals surface area contributed by atoms with E-state index in [9.17, 15) is 13.2 Å². The van der Waals surface area contributed by atoms with Crippen molar-refractivity contribution < 1.29 is 13.2 Å². The number of anilines is 1. The van der Waals surface area contributed by atoms with E-state index in [2.05, 4.69) is 12.2 Å². The Kier molecular flexibility index (Phi) is 4.98. The first-order chi connectivity index (χ1) is 10.4. The zero-order valence-corrected chi connectivity index (χ0v) is 13.5. The van der Waals surface area contributed by atoms with Crippen LogP contribution in [-0.4, -0.2) is 20.6 Å². The van der Waals surface area contributed by atoms with Gasteiger partial charge in [-0.05, 0) is 36.2 Å². The molecule has 4 nitrogen and oxygen atoms in total. The van der Waals surface area contributed by atoms with Crippen molar-refractivity contribution in [3.05, 3.63) is 59.7 Å². The molecule has 22 heavy (non-hydrogen) atoms. The highest BCUT2D eigenvalue weighted by molar-refractivity contribution is 7.90. The summed E-state index contributed by atoms with van der Waals surface area (Å²) < 4.78 is 23.5. The third-order valence-electron chi connectivity index (χ3n) is 3.28. The number of nitrogens with one attached hydrogen (secondary N) is 1. The van der Waals surface area contributed by atoms with E-state index in [1.165, 1.54) is 17.7 Å². The Bertz CT molecular complexity index is 765. The minimum Gasteiger partial charge on any atom is -0.322 e. The summed E-state index contributed by atoms with van der Waals surface area (Å²) in [6, 6.07) is 13.8. The normalized spacial score (nSPS) is 11.2. The van der Waals surface area contributed by atoms with Crippen LogP contribution in [0.4, 0.5) is 5.69 Å². The first kappa shape index (κ1) is 16.2. The molecule has 0 atom stereocenters. The Balaban J connectivity index is 2.23. The molecule has 0 bridgehead atoms. The van der Waals surface area contributed by atoms with E-state index in [0.29, 0.717) is 5.69 Å². The highest BCUT2D eigenvalue weighted by Crippen LogP contribution is 2.18. The van der Waals surface area contributed by atoms with Gasteiger partial charge in [0.25, 0.3) is 5.91 Å². The van der Waals surface area contributed by atoms with E-state index in [0.717, 1.165) is 19.1 Å². The van der Waals surface area contributed by atoms with Crippen molar-refractivity contribution in [3.8, 4) is 0 Å². The summed E-state index contributed by atoms with van der Waals surface area (Å²) >= 11 is 0. The van der Waals surface area contributed by atoms with Gasteiger partial charge in [-0.2, -0.15) is 0 Å². The average molecular weight is 317 g/mol. The van der Waals surface area contributed by atoms with E-state index in [4.69, 9.17) is 0 Å². The predicted molar refractivity (Wildman–Crippen MR) is 87.9 cm³/mol. The number of benzene rings is 2. The van der Waals surface area contributed by atoms with E-state index in [1.54, 1.807) is 12.1 Å². The summed E-state index contributed by atoms with van der Waals surface area (Å²) in [7, 11) is -3.45. The van der Waals surface area contributed by atoms with Gasteiger partial charge in [0.15, 0.2) is 9.84 Å². The summed E-state index contributed by atoms with van der Waals surface area (Å²) in [4.78, 5) is 12.4. The number of carbonyl (C=O) groups excluding carboxylic acids is 1. The Morgan fingerprint density at radius 2 is 1.68 bits per heavy atom. The molecule has 0 spiro atoms. The van der Waals surface area contributed by atoms with E-state index < -0.39 is 15.7 Å². The maximum Gasteiger partial charge on any atom is 0.256 e. The first-order valence-corrected chi connectivity index (χ1v) is 9.00. The monoisotopic (exact) mass is 317 g/mol. The second kappa shape index (κ2) is 6.75. The molecule has 1 N–H and O–H groups in total. The molecule has 1 amide bonds. The Labute approximate surface area is 131 Å². The van der Waals surface area contributed by atoms with Crippen LogP contribution in [0.2, 0.25) is 0 Å². The van der Waals surface area contributed by atoms with Gasteiger partial charge in [-0.15, -0.1) is 0 Å².